The molecule has 0 heterocycles. The van der Waals surface area contributed by atoms with Crippen LogP contribution in [0, 0.1) is 17.8 Å². The minimum Gasteiger partial charge on any atom is -0.447 e. The number of ether oxygens (including phenoxy) is 2. The SMILES string of the molecule is COCCOC(=O)N[C@@H](CC(C)C)C(=O)C[C@@H](CCc1ccccc1)C(=O)C(=O)CC1CC1. The van der Waals surface area contributed by atoms with Gasteiger partial charge in [0.2, 0.25) is 5.78 Å². The van der Waals surface area contributed by atoms with E-state index in [1.54, 1.807) is 0 Å². The Morgan fingerprint density at radius 2 is 1.76 bits per heavy atom. The number of methoxy groups -OCH3 is 1. The zero-order valence-corrected chi connectivity index (χ0v) is 20.0. The fourth-order valence-corrected chi connectivity index (χ4v) is 3.75. The first-order valence-corrected chi connectivity index (χ1v) is 11.9. The van der Waals surface area contributed by atoms with Crippen molar-refractivity contribution in [3.8, 4) is 0 Å². The lowest BCUT2D eigenvalue weighted by molar-refractivity contribution is -0.140. The van der Waals surface area contributed by atoms with Crippen LogP contribution in [0.4, 0.5) is 4.79 Å². The number of alkyl carbamates (subject to hydrolysis) is 1. The van der Waals surface area contributed by atoms with Gasteiger partial charge in [-0.3, -0.25) is 14.4 Å². The van der Waals surface area contributed by atoms with Crippen molar-refractivity contribution in [2.24, 2.45) is 17.8 Å². The number of Topliss-reactive ketones (excluding diaryl/α,β-unsaturated/α-hetero) is 3. The number of carbonyl (C=O) groups excluding carboxylic acids is 4. The number of ketones is 3. The van der Waals surface area contributed by atoms with Gasteiger partial charge in [-0.15, -0.1) is 0 Å². The van der Waals surface area contributed by atoms with E-state index in [2.05, 4.69) is 5.32 Å². The number of hydrogen-bond donors (Lipinski definition) is 1. The van der Waals surface area contributed by atoms with Crippen molar-refractivity contribution in [2.75, 3.05) is 20.3 Å². The molecule has 1 saturated carbocycles. The molecule has 1 N–H and O–H groups in total. The molecule has 7 nitrogen and oxygen atoms in total. The van der Waals surface area contributed by atoms with E-state index in [1.807, 2.05) is 44.2 Å². The van der Waals surface area contributed by atoms with E-state index >= 15 is 0 Å². The topological polar surface area (TPSA) is 98.8 Å². The maximum Gasteiger partial charge on any atom is 0.407 e. The van der Waals surface area contributed by atoms with Crippen LogP contribution in [0.15, 0.2) is 30.3 Å². The summed E-state index contributed by atoms with van der Waals surface area (Å²) in [5.41, 5.74) is 1.05. The van der Waals surface area contributed by atoms with Crippen molar-refractivity contribution in [3.05, 3.63) is 35.9 Å². The third-order valence-electron chi connectivity index (χ3n) is 5.80. The van der Waals surface area contributed by atoms with Gasteiger partial charge < -0.3 is 14.8 Å². The lowest BCUT2D eigenvalue weighted by atomic mass is 9.85. The molecule has 182 valence electrons. The summed E-state index contributed by atoms with van der Waals surface area (Å²) in [5.74, 6) is -1.33. The summed E-state index contributed by atoms with van der Waals surface area (Å²) in [6.45, 7) is 4.25. The van der Waals surface area contributed by atoms with Gasteiger partial charge in [0.05, 0.1) is 12.6 Å². The Morgan fingerprint density at radius 3 is 2.36 bits per heavy atom. The standard InChI is InChI=1S/C26H37NO6/c1-18(2)15-22(27-26(31)33-14-13-32-3)23(28)17-21(12-11-19-7-5-4-6-8-19)25(30)24(29)16-20-9-10-20/h4-8,18,20-22H,9-17H2,1-3H3,(H,27,31)/t21-,22+/m1/s1. The summed E-state index contributed by atoms with van der Waals surface area (Å²) in [7, 11) is 1.50. The molecule has 1 aromatic carbocycles. The van der Waals surface area contributed by atoms with Crippen molar-refractivity contribution >= 4 is 23.4 Å². The lowest BCUT2D eigenvalue weighted by Crippen LogP contribution is -2.43. The first-order chi connectivity index (χ1) is 15.8. The van der Waals surface area contributed by atoms with Crippen LogP contribution in [0.3, 0.4) is 0 Å². The summed E-state index contributed by atoms with van der Waals surface area (Å²) in [6.07, 6.45) is 2.92. The summed E-state index contributed by atoms with van der Waals surface area (Å²) in [5, 5.41) is 2.63. The van der Waals surface area contributed by atoms with Crippen LogP contribution in [-0.4, -0.2) is 49.8 Å². The average molecular weight is 460 g/mol. The maximum atomic E-state index is 13.2. The van der Waals surface area contributed by atoms with Crippen molar-refractivity contribution in [3.63, 3.8) is 0 Å². The van der Waals surface area contributed by atoms with Gasteiger partial charge in [0.25, 0.3) is 0 Å². The first-order valence-electron chi connectivity index (χ1n) is 11.9. The molecule has 1 fully saturated rings. The number of aryl methyl sites for hydroxylation is 1. The summed E-state index contributed by atoms with van der Waals surface area (Å²) in [6, 6.07) is 8.93. The minimum absolute atomic E-state index is 0.0716. The molecule has 0 aliphatic heterocycles. The van der Waals surface area contributed by atoms with Crippen LogP contribution in [0.25, 0.3) is 0 Å². The normalized spacial score (nSPS) is 15.0. The molecular formula is C26H37NO6. The Morgan fingerprint density at radius 1 is 1.06 bits per heavy atom. The second kappa shape index (κ2) is 13.9. The van der Waals surface area contributed by atoms with Crippen molar-refractivity contribution in [2.45, 2.75) is 64.8 Å². The Hall–Kier alpha value is -2.54. The third-order valence-corrected chi connectivity index (χ3v) is 5.80. The number of rotatable bonds is 16. The van der Waals surface area contributed by atoms with E-state index in [4.69, 9.17) is 9.47 Å². The number of benzene rings is 1. The zero-order chi connectivity index (χ0) is 24.2. The van der Waals surface area contributed by atoms with Gasteiger partial charge in [0, 0.05) is 25.9 Å². The molecule has 7 heteroatoms. The highest BCUT2D eigenvalue weighted by atomic mass is 16.6. The van der Waals surface area contributed by atoms with Crippen molar-refractivity contribution in [1.29, 1.82) is 0 Å². The van der Waals surface area contributed by atoms with Crippen LogP contribution in [0.1, 0.15) is 57.9 Å². The summed E-state index contributed by atoms with van der Waals surface area (Å²) < 4.78 is 9.91. The minimum atomic E-state index is -0.773. The Bertz CT molecular complexity index is 787. The van der Waals surface area contributed by atoms with Crippen LogP contribution in [0.2, 0.25) is 0 Å². The smallest absolute Gasteiger partial charge is 0.407 e. The zero-order valence-electron chi connectivity index (χ0n) is 20.0. The van der Waals surface area contributed by atoms with Crippen molar-refractivity contribution < 1.29 is 28.7 Å². The third kappa shape index (κ3) is 10.3. The van der Waals surface area contributed by atoms with Crippen LogP contribution >= 0.6 is 0 Å². The summed E-state index contributed by atoms with van der Waals surface area (Å²) >= 11 is 0. The molecule has 2 atom stereocenters. The molecule has 33 heavy (non-hydrogen) atoms. The predicted molar refractivity (Wildman–Crippen MR) is 125 cm³/mol. The molecule has 0 aromatic heterocycles. The maximum absolute atomic E-state index is 13.2. The number of amides is 1. The van der Waals surface area contributed by atoms with Crippen molar-refractivity contribution in [1.82, 2.24) is 5.32 Å². The molecule has 0 radical (unpaired) electrons. The van der Waals surface area contributed by atoms with E-state index < -0.39 is 23.8 Å². The molecule has 0 spiro atoms. The van der Waals surface area contributed by atoms with Gasteiger partial charge in [0.15, 0.2) is 11.6 Å². The molecule has 1 aliphatic rings. The lowest BCUT2D eigenvalue weighted by Gasteiger charge is -2.22. The van der Waals surface area contributed by atoms with E-state index in [0.29, 0.717) is 25.2 Å². The predicted octanol–water partition coefficient (Wildman–Crippen LogP) is 3.92. The van der Waals surface area contributed by atoms with E-state index in [-0.39, 0.29) is 43.5 Å². The summed E-state index contributed by atoms with van der Waals surface area (Å²) in [4.78, 5) is 50.8. The Labute approximate surface area is 196 Å². The van der Waals surface area contributed by atoms with Gasteiger partial charge in [0.1, 0.15) is 6.61 Å². The number of hydrogen-bond acceptors (Lipinski definition) is 6. The van der Waals surface area contributed by atoms with E-state index in [0.717, 1.165) is 18.4 Å². The molecule has 2 rings (SSSR count). The van der Waals surface area contributed by atoms with Crippen LogP contribution in [-0.2, 0) is 30.3 Å². The average Bonchev–Trinajstić information content (AvgIpc) is 3.60. The fourth-order valence-electron chi connectivity index (χ4n) is 3.75. The molecular weight excluding hydrogens is 422 g/mol. The molecule has 0 unspecified atom stereocenters. The Balaban J connectivity index is 2.06. The second-order valence-electron chi connectivity index (χ2n) is 9.28. The van der Waals surface area contributed by atoms with Crippen LogP contribution in [0.5, 0.6) is 0 Å². The monoisotopic (exact) mass is 459 g/mol. The molecule has 1 aromatic rings. The largest absolute Gasteiger partial charge is 0.447 e. The first kappa shape index (κ1) is 26.7. The quantitative estimate of drug-likeness (QED) is 0.297. The van der Waals surface area contributed by atoms with Crippen LogP contribution < -0.4 is 5.32 Å². The highest BCUT2D eigenvalue weighted by molar-refractivity contribution is 6.38. The van der Waals surface area contributed by atoms with Gasteiger partial charge in [-0.1, -0.05) is 44.2 Å². The Kier molecular flexibility index (Phi) is 11.2. The van der Waals surface area contributed by atoms with Gasteiger partial charge in [-0.2, -0.15) is 0 Å². The second-order valence-corrected chi connectivity index (χ2v) is 9.28. The fraction of sp³-hybridized carbons (Fsp3) is 0.615. The number of nitrogens with one attached hydrogen (secondary N) is 1. The van der Waals surface area contributed by atoms with Gasteiger partial charge >= 0.3 is 6.09 Å². The van der Waals surface area contributed by atoms with Gasteiger partial charge in [-0.05, 0) is 49.5 Å². The molecule has 1 aliphatic carbocycles. The molecule has 0 saturated heterocycles. The van der Waals surface area contributed by atoms with E-state index in [9.17, 15) is 19.2 Å². The van der Waals surface area contributed by atoms with Gasteiger partial charge in [-0.25, -0.2) is 4.79 Å². The highest BCUT2D eigenvalue weighted by Gasteiger charge is 2.34. The molecule has 0 bridgehead atoms. The highest BCUT2D eigenvalue weighted by Crippen LogP contribution is 2.33. The number of carbonyl (C=O) groups is 4. The van der Waals surface area contributed by atoms with E-state index in [1.165, 1.54) is 7.11 Å². The molecule has 1 amide bonds.